The van der Waals surface area contributed by atoms with Crippen LogP contribution in [0, 0.1) is 0 Å². The summed E-state index contributed by atoms with van der Waals surface area (Å²) in [5.74, 6) is -0.215. The van der Waals surface area contributed by atoms with Crippen molar-refractivity contribution in [2.24, 2.45) is 0 Å². The Morgan fingerprint density at radius 2 is 1.85 bits per heavy atom. The van der Waals surface area contributed by atoms with Crippen LogP contribution >= 0.6 is 0 Å². The Bertz CT molecular complexity index is 1100. The summed E-state index contributed by atoms with van der Waals surface area (Å²) in [5.41, 5.74) is 2.68. The summed E-state index contributed by atoms with van der Waals surface area (Å²) >= 11 is 0. The zero-order chi connectivity index (χ0) is 18.1. The third-order valence-corrected chi connectivity index (χ3v) is 3.98. The predicted octanol–water partition coefficient (Wildman–Crippen LogP) is 3.54. The standard InChI is InChI=1S/C19H14N4O3/c24-15-4-2-1-3-14(15)17-18(23-10-9-20-11-16(23)22-17)21-13-7-5-12(6-8-13)19(25)26/h1-11,21,24H,(H,25,26). The van der Waals surface area contributed by atoms with Crippen molar-refractivity contribution < 1.29 is 15.0 Å². The van der Waals surface area contributed by atoms with Gasteiger partial charge in [0.1, 0.15) is 17.3 Å². The number of nitrogens with zero attached hydrogens (tertiary/aromatic N) is 3. The number of carboxylic acid groups (broad SMARTS) is 1. The normalized spacial score (nSPS) is 10.8. The summed E-state index contributed by atoms with van der Waals surface area (Å²) in [6.45, 7) is 0. The second kappa shape index (κ2) is 6.21. The first-order valence-electron chi connectivity index (χ1n) is 7.84. The lowest BCUT2D eigenvalue weighted by Crippen LogP contribution is -1.99. The molecule has 0 atom stereocenters. The number of para-hydroxylation sites is 1. The smallest absolute Gasteiger partial charge is 0.335 e. The van der Waals surface area contributed by atoms with E-state index >= 15 is 0 Å². The van der Waals surface area contributed by atoms with E-state index in [4.69, 9.17) is 5.11 Å². The number of benzene rings is 2. The summed E-state index contributed by atoms with van der Waals surface area (Å²) in [4.78, 5) is 19.7. The van der Waals surface area contributed by atoms with E-state index in [1.165, 1.54) is 12.1 Å². The zero-order valence-corrected chi connectivity index (χ0v) is 13.5. The largest absolute Gasteiger partial charge is 0.507 e. The minimum Gasteiger partial charge on any atom is -0.507 e. The lowest BCUT2D eigenvalue weighted by atomic mass is 10.1. The number of nitrogens with one attached hydrogen (secondary N) is 1. The number of fused-ring (bicyclic) bond motifs is 1. The van der Waals surface area contributed by atoms with Gasteiger partial charge >= 0.3 is 5.97 Å². The van der Waals surface area contributed by atoms with Gasteiger partial charge in [0.25, 0.3) is 0 Å². The van der Waals surface area contributed by atoms with Crippen molar-refractivity contribution in [3.8, 4) is 17.0 Å². The molecule has 0 radical (unpaired) electrons. The fourth-order valence-corrected chi connectivity index (χ4v) is 2.72. The number of imidazole rings is 1. The van der Waals surface area contributed by atoms with E-state index in [0.29, 0.717) is 28.4 Å². The van der Waals surface area contributed by atoms with Crippen molar-refractivity contribution in [1.29, 1.82) is 0 Å². The van der Waals surface area contributed by atoms with E-state index in [1.807, 2.05) is 10.5 Å². The summed E-state index contributed by atoms with van der Waals surface area (Å²) in [6, 6.07) is 13.4. The van der Waals surface area contributed by atoms with Crippen LogP contribution in [0.3, 0.4) is 0 Å². The van der Waals surface area contributed by atoms with Gasteiger partial charge in [0.2, 0.25) is 0 Å². The average Bonchev–Trinajstić information content (AvgIpc) is 3.01. The molecule has 0 aliphatic heterocycles. The Morgan fingerprint density at radius 1 is 1.08 bits per heavy atom. The van der Waals surface area contributed by atoms with E-state index in [-0.39, 0.29) is 11.3 Å². The second-order valence-corrected chi connectivity index (χ2v) is 5.64. The molecule has 7 heteroatoms. The van der Waals surface area contributed by atoms with E-state index in [2.05, 4.69) is 15.3 Å². The second-order valence-electron chi connectivity index (χ2n) is 5.64. The first kappa shape index (κ1) is 15.6. The number of anilines is 2. The SMILES string of the molecule is O=C(O)c1ccc(Nc2c(-c3ccccc3O)nc3cnccn23)cc1. The number of hydrogen-bond acceptors (Lipinski definition) is 5. The number of hydrogen-bond donors (Lipinski definition) is 3. The number of phenolic OH excluding ortho intramolecular Hbond substituents is 1. The van der Waals surface area contributed by atoms with Gasteiger partial charge < -0.3 is 15.5 Å². The first-order chi connectivity index (χ1) is 12.6. The molecule has 0 saturated heterocycles. The molecule has 0 amide bonds. The molecule has 128 valence electrons. The van der Waals surface area contributed by atoms with Crippen LogP contribution in [0.5, 0.6) is 5.75 Å². The van der Waals surface area contributed by atoms with Crippen molar-refractivity contribution in [1.82, 2.24) is 14.4 Å². The van der Waals surface area contributed by atoms with Gasteiger partial charge in [0.15, 0.2) is 5.65 Å². The molecule has 0 spiro atoms. The summed E-state index contributed by atoms with van der Waals surface area (Å²) in [6.07, 6.45) is 5.03. The van der Waals surface area contributed by atoms with Crippen LogP contribution in [0.15, 0.2) is 67.1 Å². The van der Waals surface area contributed by atoms with Crippen LogP contribution in [0.4, 0.5) is 11.5 Å². The zero-order valence-electron chi connectivity index (χ0n) is 13.5. The van der Waals surface area contributed by atoms with Crippen molar-refractivity contribution in [2.45, 2.75) is 0 Å². The van der Waals surface area contributed by atoms with Gasteiger partial charge in [-0.05, 0) is 36.4 Å². The van der Waals surface area contributed by atoms with Crippen LogP contribution in [-0.4, -0.2) is 30.6 Å². The van der Waals surface area contributed by atoms with Gasteiger partial charge in [-0.15, -0.1) is 0 Å². The molecule has 0 fully saturated rings. The van der Waals surface area contributed by atoms with Crippen LogP contribution in [0.1, 0.15) is 10.4 Å². The third-order valence-electron chi connectivity index (χ3n) is 3.98. The first-order valence-corrected chi connectivity index (χ1v) is 7.84. The Labute approximate surface area is 148 Å². The van der Waals surface area contributed by atoms with Crippen molar-refractivity contribution in [2.75, 3.05) is 5.32 Å². The molecule has 4 aromatic rings. The molecule has 2 aromatic carbocycles. The maximum atomic E-state index is 11.0. The third kappa shape index (κ3) is 2.71. The van der Waals surface area contributed by atoms with Gasteiger partial charge in [0.05, 0.1) is 11.8 Å². The summed E-state index contributed by atoms with van der Waals surface area (Å²) in [5, 5.41) is 22.5. The number of rotatable bonds is 4. The predicted molar refractivity (Wildman–Crippen MR) is 96.8 cm³/mol. The van der Waals surface area contributed by atoms with E-state index < -0.39 is 5.97 Å². The van der Waals surface area contributed by atoms with Crippen LogP contribution in [-0.2, 0) is 0 Å². The lowest BCUT2D eigenvalue weighted by molar-refractivity contribution is 0.0697. The molecule has 0 saturated carbocycles. The minimum atomic E-state index is -0.979. The van der Waals surface area contributed by atoms with Crippen molar-refractivity contribution >= 4 is 23.1 Å². The van der Waals surface area contributed by atoms with E-state index in [1.54, 1.807) is 48.9 Å². The van der Waals surface area contributed by atoms with Gasteiger partial charge in [-0.1, -0.05) is 12.1 Å². The monoisotopic (exact) mass is 346 g/mol. The molecule has 26 heavy (non-hydrogen) atoms. The molecule has 2 aromatic heterocycles. The molecule has 0 unspecified atom stereocenters. The van der Waals surface area contributed by atoms with Crippen LogP contribution < -0.4 is 5.32 Å². The van der Waals surface area contributed by atoms with Crippen molar-refractivity contribution in [3.05, 3.63) is 72.7 Å². The Morgan fingerprint density at radius 3 is 2.58 bits per heavy atom. The summed E-state index contributed by atoms with van der Waals surface area (Å²) in [7, 11) is 0. The van der Waals surface area contributed by atoms with Gasteiger partial charge in [0, 0.05) is 23.6 Å². The van der Waals surface area contributed by atoms with Gasteiger partial charge in [-0.3, -0.25) is 9.38 Å². The highest BCUT2D eigenvalue weighted by atomic mass is 16.4. The highest BCUT2D eigenvalue weighted by Crippen LogP contribution is 2.35. The number of phenols is 1. The van der Waals surface area contributed by atoms with E-state index in [0.717, 1.165) is 0 Å². The van der Waals surface area contributed by atoms with Crippen molar-refractivity contribution in [3.63, 3.8) is 0 Å². The molecule has 0 bridgehead atoms. The number of aromatic carboxylic acids is 1. The summed E-state index contributed by atoms with van der Waals surface area (Å²) < 4.78 is 1.82. The topological polar surface area (TPSA) is 99.8 Å². The van der Waals surface area contributed by atoms with Gasteiger partial charge in [-0.2, -0.15) is 0 Å². The number of aromatic nitrogens is 3. The lowest BCUT2D eigenvalue weighted by Gasteiger charge is -2.10. The molecule has 4 rings (SSSR count). The number of carbonyl (C=O) groups is 1. The molecule has 2 heterocycles. The molecule has 3 N–H and O–H groups in total. The number of aromatic hydroxyl groups is 1. The average molecular weight is 346 g/mol. The van der Waals surface area contributed by atoms with E-state index in [9.17, 15) is 9.90 Å². The molecular weight excluding hydrogens is 332 g/mol. The molecule has 7 nitrogen and oxygen atoms in total. The maximum absolute atomic E-state index is 11.0. The molecular formula is C19H14N4O3. The fourth-order valence-electron chi connectivity index (χ4n) is 2.72. The fraction of sp³-hybridized carbons (Fsp3) is 0. The van der Waals surface area contributed by atoms with Crippen LogP contribution in [0.2, 0.25) is 0 Å². The van der Waals surface area contributed by atoms with Crippen LogP contribution in [0.25, 0.3) is 16.9 Å². The highest BCUT2D eigenvalue weighted by molar-refractivity contribution is 5.88. The van der Waals surface area contributed by atoms with Gasteiger partial charge in [-0.25, -0.2) is 9.78 Å². The molecule has 0 aliphatic carbocycles. The molecule has 0 aliphatic rings. The Balaban J connectivity index is 1.84. The maximum Gasteiger partial charge on any atom is 0.335 e. The Kier molecular flexibility index (Phi) is 3.74. The Hall–Kier alpha value is -3.87. The quantitative estimate of drug-likeness (QED) is 0.523. The highest BCUT2D eigenvalue weighted by Gasteiger charge is 2.17. The number of carboxylic acids is 1. The minimum absolute atomic E-state index is 0.119.